The second-order valence-corrected chi connectivity index (χ2v) is 6.84. The van der Waals surface area contributed by atoms with E-state index in [0.29, 0.717) is 23.0 Å². The molecule has 0 aromatic heterocycles. The van der Waals surface area contributed by atoms with Gasteiger partial charge in [0.15, 0.2) is 0 Å². The lowest BCUT2D eigenvalue weighted by Gasteiger charge is -2.40. The summed E-state index contributed by atoms with van der Waals surface area (Å²) < 4.78 is 0. The van der Waals surface area contributed by atoms with Gasteiger partial charge in [-0.15, -0.1) is 0 Å². The zero-order valence-corrected chi connectivity index (χ0v) is 11.9. The maximum Gasteiger partial charge on any atom is 0.219 e. The van der Waals surface area contributed by atoms with Crippen molar-refractivity contribution in [1.82, 2.24) is 4.90 Å². The quantitative estimate of drug-likeness (QED) is 0.788. The van der Waals surface area contributed by atoms with Gasteiger partial charge in [-0.1, -0.05) is 6.07 Å². The third-order valence-electron chi connectivity index (χ3n) is 6.04. The Morgan fingerprint density at radius 1 is 1.40 bits per heavy atom. The van der Waals surface area contributed by atoms with Gasteiger partial charge < -0.3 is 10.0 Å². The van der Waals surface area contributed by atoms with Crippen LogP contribution < -0.4 is 0 Å². The molecule has 2 aliphatic carbocycles. The minimum Gasteiger partial charge on any atom is -0.508 e. The summed E-state index contributed by atoms with van der Waals surface area (Å²) >= 11 is 0. The maximum absolute atomic E-state index is 11.7. The maximum atomic E-state index is 11.7. The zero-order valence-electron chi connectivity index (χ0n) is 11.9. The molecule has 1 N–H and O–H groups in total. The molecule has 1 saturated heterocycles. The normalized spacial score (nSPS) is 34.5. The topological polar surface area (TPSA) is 40.5 Å². The lowest BCUT2D eigenvalue weighted by molar-refractivity contribution is -0.128. The third-order valence-corrected chi connectivity index (χ3v) is 6.04. The van der Waals surface area contributed by atoms with Gasteiger partial charge in [0.1, 0.15) is 5.75 Å². The monoisotopic (exact) mass is 271 g/mol. The number of rotatable bonds is 0. The molecular weight excluding hydrogens is 250 g/mol. The van der Waals surface area contributed by atoms with Gasteiger partial charge in [0.05, 0.1) is 0 Å². The number of hydrogen-bond donors (Lipinski definition) is 1. The van der Waals surface area contributed by atoms with Crippen molar-refractivity contribution in [3.63, 3.8) is 0 Å². The van der Waals surface area contributed by atoms with Crippen molar-refractivity contribution in [2.24, 2.45) is 11.3 Å². The molecule has 4 rings (SSSR count). The lowest BCUT2D eigenvalue weighted by atomic mass is 9.63. The molecule has 20 heavy (non-hydrogen) atoms. The molecule has 1 amide bonds. The van der Waals surface area contributed by atoms with Crippen LogP contribution in [0.3, 0.4) is 0 Å². The number of carbonyl (C=O) groups excluding carboxylic acids is 1. The highest BCUT2D eigenvalue weighted by Gasteiger charge is 2.57. The third kappa shape index (κ3) is 1.49. The van der Waals surface area contributed by atoms with E-state index in [0.717, 1.165) is 19.5 Å². The minimum absolute atomic E-state index is 0.226. The fourth-order valence-corrected chi connectivity index (χ4v) is 5.10. The average molecular weight is 271 g/mol. The molecule has 3 nitrogen and oxygen atoms in total. The number of carbonyl (C=O) groups is 1. The summed E-state index contributed by atoms with van der Waals surface area (Å²) in [6.07, 6.45) is 4.70. The number of aryl methyl sites for hydroxylation is 1. The molecule has 2 fully saturated rings. The smallest absolute Gasteiger partial charge is 0.219 e. The summed E-state index contributed by atoms with van der Waals surface area (Å²) in [6, 6.07) is 5.88. The van der Waals surface area contributed by atoms with Gasteiger partial charge in [-0.3, -0.25) is 4.79 Å². The Hall–Kier alpha value is -1.51. The van der Waals surface area contributed by atoms with Crippen LogP contribution in [0.25, 0.3) is 0 Å². The van der Waals surface area contributed by atoms with Crippen LogP contribution in [-0.2, 0) is 11.2 Å². The number of phenols is 1. The first-order chi connectivity index (χ1) is 9.60. The molecular formula is C17H21NO2. The Kier molecular flexibility index (Phi) is 2.45. The van der Waals surface area contributed by atoms with E-state index in [9.17, 15) is 9.90 Å². The van der Waals surface area contributed by atoms with Gasteiger partial charge in [0, 0.05) is 20.0 Å². The van der Waals surface area contributed by atoms with E-state index in [2.05, 4.69) is 11.0 Å². The SMILES string of the molecule is CC(=O)N1CC2CCC3c4ccc(O)cc4CCC23C1. The molecule has 106 valence electrons. The van der Waals surface area contributed by atoms with Crippen LogP contribution in [0.1, 0.15) is 43.2 Å². The standard InChI is InChI=1S/C17H21NO2/c1-11(19)18-9-13-2-5-16-15-4-3-14(20)8-12(15)6-7-17(13,16)10-18/h3-4,8,13,16,20H,2,5-7,9-10H2,1H3. The van der Waals surface area contributed by atoms with Crippen molar-refractivity contribution < 1.29 is 9.90 Å². The molecule has 1 heterocycles. The van der Waals surface area contributed by atoms with Gasteiger partial charge in [-0.2, -0.15) is 0 Å². The van der Waals surface area contributed by atoms with Crippen molar-refractivity contribution in [2.45, 2.75) is 38.5 Å². The summed E-state index contributed by atoms with van der Waals surface area (Å²) in [7, 11) is 0. The van der Waals surface area contributed by atoms with Crippen LogP contribution in [0.5, 0.6) is 5.75 Å². The molecule has 3 unspecified atom stereocenters. The number of fused-ring (bicyclic) bond motifs is 2. The van der Waals surface area contributed by atoms with Crippen molar-refractivity contribution >= 4 is 5.91 Å². The Morgan fingerprint density at radius 2 is 2.25 bits per heavy atom. The first-order valence-electron chi connectivity index (χ1n) is 7.67. The summed E-state index contributed by atoms with van der Waals surface area (Å²) in [6.45, 7) is 3.60. The van der Waals surface area contributed by atoms with Gasteiger partial charge in [-0.25, -0.2) is 0 Å². The van der Waals surface area contributed by atoms with Gasteiger partial charge in [0.25, 0.3) is 0 Å². The summed E-state index contributed by atoms with van der Waals surface area (Å²) in [5.74, 6) is 1.87. The predicted octanol–water partition coefficient (Wildman–Crippen LogP) is 2.68. The van der Waals surface area contributed by atoms with E-state index in [1.54, 1.807) is 6.92 Å². The first-order valence-corrected chi connectivity index (χ1v) is 7.67. The molecule has 1 aromatic rings. The summed E-state index contributed by atoms with van der Waals surface area (Å²) in [5, 5.41) is 9.68. The van der Waals surface area contributed by atoms with Crippen molar-refractivity contribution in [3.8, 4) is 5.75 Å². The number of likely N-dealkylation sites (tertiary alicyclic amines) is 1. The van der Waals surface area contributed by atoms with Crippen LogP contribution in [0.2, 0.25) is 0 Å². The number of benzene rings is 1. The first kappa shape index (κ1) is 12.2. The number of aromatic hydroxyl groups is 1. The number of nitrogens with zero attached hydrogens (tertiary/aromatic N) is 1. The number of hydrogen-bond acceptors (Lipinski definition) is 2. The number of phenolic OH excluding ortho intramolecular Hbond substituents is 1. The Labute approximate surface area is 119 Å². The van der Waals surface area contributed by atoms with Crippen molar-refractivity contribution in [3.05, 3.63) is 29.3 Å². The Bertz CT molecular complexity index is 582. The van der Waals surface area contributed by atoms with Crippen LogP contribution in [0.4, 0.5) is 0 Å². The molecule has 1 spiro atoms. The molecule has 3 atom stereocenters. The highest BCUT2D eigenvalue weighted by Crippen LogP contribution is 2.61. The van der Waals surface area contributed by atoms with Crippen LogP contribution in [0, 0.1) is 11.3 Å². The van der Waals surface area contributed by atoms with Crippen LogP contribution >= 0.6 is 0 Å². The van der Waals surface area contributed by atoms with Gasteiger partial charge in [-0.05, 0) is 66.2 Å². The minimum atomic E-state index is 0.226. The van der Waals surface area contributed by atoms with E-state index < -0.39 is 0 Å². The molecule has 1 saturated carbocycles. The van der Waals surface area contributed by atoms with Crippen molar-refractivity contribution in [1.29, 1.82) is 0 Å². The van der Waals surface area contributed by atoms with Crippen LogP contribution in [-0.4, -0.2) is 29.0 Å². The molecule has 1 aromatic carbocycles. The highest BCUT2D eigenvalue weighted by atomic mass is 16.3. The average Bonchev–Trinajstić information content (AvgIpc) is 2.93. The van der Waals surface area contributed by atoms with Gasteiger partial charge in [0.2, 0.25) is 5.91 Å². The molecule has 0 bridgehead atoms. The molecule has 0 radical (unpaired) electrons. The zero-order chi connectivity index (χ0) is 13.9. The van der Waals surface area contributed by atoms with E-state index in [-0.39, 0.29) is 5.91 Å². The molecule has 1 aliphatic heterocycles. The second kappa shape index (κ2) is 4.00. The number of amides is 1. The summed E-state index contributed by atoms with van der Waals surface area (Å²) in [5.41, 5.74) is 3.07. The summed E-state index contributed by atoms with van der Waals surface area (Å²) in [4.78, 5) is 13.8. The van der Waals surface area contributed by atoms with Gasteiger partial charge >= 0.3 is 0 Å². The molecule has 3 aliphatic rings. The van der Waals surface area contributed by atoms with Crippen molar-refractivity contribution in [2.75, 3.05) is 13.1 Å². The fourth-order valence-electron chi connectivity index (χ4n) is 5.10. The highest BCUT2D eigenvalue weighted by molar-refractivity contribution is 5.73. The van der Waals surface area contributed by atoms with E-state index in [1.165, 1.54) is 30.4 Å². The van der Waals surface area contributed by atoms with E-state index >= 15 is 0 Å². The van der Waals surface area contributed by atoms with Crippen LogP contribution in [0.15, 0.2) is 18.2 Å². The fraction of sp³-hybridized carbons (Fsp3) is 0.588. The van der Waals surface area contributed by atoms with E-state index in [4.69, 9.17) is 0 Å². The Balaban J connectivity index is 1.75. The largest absolute Gasteiger partial charge is 0.508 e. The Morgan fingerprint density at radius 3 is 3.05 bits per heavy atom. The lowest BCUT2D eigenvalue weighted by Crippen LogP contribution is -2.37. The molecule has 3 heteroatoms. The second-order valence-electron chi connectivity index (χ2n) is 6.84. The van der Waals surface area contributed by atoms with E-state index in [1.807, 2.05) is 12.1 Å². The predicted molar refractivity (Wildman–Crippen MR) is 76.6 cm³/mol.